The first-order chi connectivity index (χ1) is 6.01. The van der Waals surface area contributed by atoms with Gasteiger partial charge in [-0.2, -0.15) is 18.4 Å². The molecule has 2 nitrogen and oxygen atoms in total. The Hall–Kier alpha value is -0.470. The maximum Gasteiger partial charge on any atom is 0.401 e. The van der Waals surface area contributed by atoms with Crippen molar-refractivity contribution in [3.8, 4) is 6.07 Å². The van der Waals surface area contributed by atoms with Crippen LogP contribution in [0.15, 0.2) is 0 Å². The fourth-order valence-corrected chi connectivity index (χ4v) is 1.47. The van der Waals surface area contributed by atoms with Crippen molar-refractivity contribution in [1.82, 2.24) is 4.90 Å². The molecule has 6 heteroatoms. The Kier molecular flexibility index (Phi) is 5.24. The zero-order valence-corrected chi connectivity index (χ0v) is 8.37. The molecule has 1 heterocycles. The number of piperidine rings is 1. The largest absolute Gasteiger partial charge is 0.401 e. The van der Waals surface area contributed by atoms with Gasteiger partial charge in [0.2, 0.25) is 0 Å². The molecule has 0 aromatic carbocycles. The van der Waals surface area contributed by atoms with Gasteiger partial charge in [0.25, 0.3) is 0 Å². The molecule has 0 unspecified atom stereocenters. The van der Waals surface area contributed by atoms with Crippen LogP contribution in [0.1, 0.15) is 12.8 Å². The molecular formula is C8H12ClF3N2. The number of halogens is 4. The van der Waals surface area contributed by atoms with E-state index in [9.17, 15) is 13.2 Å². The Labute approximate surface area is 87.1 Å². The lowest BCUT2D eigenvalue weighted by molar-refractivity contribution is -0.148. The molecule has 14 heavy (non-hydrogen) atoms. The minimum absolute atomic E-state index is 0. The van der Waals surface area contributed by atoms with Crippen LogP contribution < -0.4 is 0 Å². The fraction of sp³-hybridized carbons (Fsp3) is 0.875. The second-order valence-electron chi connectivity index (χ2n) is 3.29. The van der Waals surface area contributed by atoms with Crippen LogP contribution in [-0.2, 0) is 0 Å². The van der Waals surface area contributed by atoms with E-state index in [1.807, 2.05) is 0 Å². The van der Waals surface area contributed by atoms with Gasteiger partial charge in [0, 0.05) is 5.92 Å². The first kappa shape index (κ1) is 13.5. The summed E-state index contributed by atoms with van der Waals surface area (Å²) in [5, 5.41) is 8.52. The third-order valence-corrected chi connectivity index (χ3v) is 2.17. The number of alkyl halides is 3. The van der Waals surface area contributed by atoms with E-state index in [4.69, 9.17) is 5.26 Å². The van der Waals surface area contributed by atoms with Crippen LogP contribution in [-0.4, -0.2) is 30.7 Å². The van der Waals surface area contributed by atoms with E-state index in [0.717, 1.165) is 0 Å². The van der Waals surface area contributed by atoms with Gasteiger partial charge in [-0.1, -0.05) is 0 Å². The normalized spacial score (nSPS) is 19.9. The highest BCUT2D eigenvalue weighted by Gasteiger charge is 2.32. The van der Waals surface area contributed by atoms with Crippen molar-refractivity contribution in [3.05, 3.63) is 0 Å². The SMILES string of the molecule is Cl.N#CC1CCN(CC(F)(F)F)CC1. The Morgan fingerprint density at radius 2 is 1.79 bits per heavy atom. The van der Waals surface area contributed by atoms with Crippen LogP contribution >= 0.6 is 12.4 Å². The van der Waals surface area contributed by atoms with Crippen molar-refractivity contribution in [1.29, 1.82) is 5.26 Å². The Bertz CT molecular complexity index is 204. The molecule has 0 spiro atoms. The number of rotatable bonds is 1. The smallest absolute Gasteiger partial charge is 0.295 e. The lowest BCUT2D eigenvalue weighted by Gasteiger charge is -2.29. The summed E-state index contributed by atoms with van der Waals surface area (Å²) in [7, 11) is 0. The van der Waals surface area contributed by atoms with Crippen LogP contribution in [0.4, 0.5) is 13.2 Å². The van der Waals surface area contributed by atoms with Crippen LogP contribution in [0.3, 0.4) is 0 Å². The first-order valence-electron chi connectivity index (χ1n) is 4.20. The van der Waals surface area contributed by atoms with Gasteiger partial charge >= 0.3 is 6.18 Å². The van der Waals surface area contributed by atoms with Gasteiger partial charge in [0.05, 0.1) is 12.6 Å². The monoisotopic (exact) mass is 228 g/mol. The van der Waals surface area contributed by atoms with Crippen molar-refractivity contribution >= 4 is 12.4 Å². The standard InChI is InChI=1S/C8H11F3N2.ClH/c9-8(10,11)6-13-3-1-7(5-12)2-4-13;/h7H,1-4,6H2;1H. The molecule has 1 saturated heterocycles. The summed E-state index contributed by atoms with van der Waals surface area (Å²) < 4.78 is 35.7. The van der Waals surface area contributed by atoms with Crippen molar-refractivity contribution in [3.63, 3.8) is 0 Å². The maximum absolute atomic E-state index is 11.9. The highest BCUT2D eigenvalue weighted by molar-refractivity contribution is 5.85. The maximum atomic E-state index is 11.9. The number of likely N-dealkylation sites (tertiary alicyclic amines) is 1. The van der Waals surface area contributed by atoms with Crippen LogP contribution in [0.5, 0.6) is 0 Å². The molecule has 0 aromatic heterocycles. The molecule has 0 aliphatic carbocycles. The molecule has 82 valence electrons. The summed E-state index contributed by atoms with van der Waals surface area (Å²) in [6.07, 6.45) is -2.99. The van der Waals surface area contributed by atoms with E-state index < -0.39 is 12.7 Å². The number of nitrogens with zero attached hydrogens (tertiary/aromatic N) is 2. The third kappa shape index (κ3) is 4.68. The summed E-state index contributed by atoms with van der Waals surface area (Å²) in [6, 6.07) is 2.08. The number of hydrogen-bond acceptors (Lipinski definition) is 2. The second kappa shape index (κ2) is 5.42. The van der Waals surface area contributed by atoms with Gasteiger partial charge in [0.1, 0.15) is 0 Å². The van der Waals surface area contributed by atoms with E-state index in [2.05, 4.69) is 6.07 Å². The molecule has 0 saturated carbocycles. The summed E-state index contributed by atoms with van der Waals surface area (Å²) in [5.41, 5.74) is 0. The van der Waals surface area contributed by atoms with Crippen LogP contribution in [0.2, 0.25) is 0 Å². The van der Waals surface area contributed by atoms with Crippen LogP contribution in [0.25, 0.3) is 0 Å². The third-order valence-electron chi connectivity index (χ3n) is 2.17. The van der Waals surface area contributed by atoms with Gasteiger partial charge in [-0.05, 0) is 25.9 Å². The lowest BCUT2D eigenvalue weighted by Crippen LogP contribution is -2.39. The average molecular weight is 229 g/mol. The predicted octanol–water partition coefficient (Wildman–Crippen LogP) is 2.21. The number of hydrogen-bond donors (Lipinski definition) is 0. The molecule has 1 rings (SSSR count). The Morgan fingerprint density at radius 3 is 2.14 bits per heavy atom. The highest BCUT2D eigenvalue weighted by Crippen LogP contribution is 2.21. The molecule has 1 aliphatic heterocycles. The number of nitriles is 1. The molecule has 0 atom stereocenters. The van der Waals surface area contributed by atoms with Crippen molar-refractivity contribution in [2.45, 2.75) is 19.0 Å². The van der Waals surface area contributed by atoms with Crippen molar-refractivity contribution in [2.75, 3.05) is 19.6 Å². The van der Waals surface area contributed by atoms with E-state index in [0.29, 0.717) is 25.9 Å². The summed E-state index contributed by atoms with van der Waals surface area (Å²) in [4.78, 5) is 1.36. The molecule has 0 bridgehead atoms. The minimum atomic E-state index is -4.11. The zero-order chi connectivity index (χ0) is 9.90. The van der Waals surface area contributed by atoms with Crippen molar-refractivity contribution < 1.29 is 13.2 Å². The van der Waals surface area contributed by atoms with Gasteiger partial charge in [-0.3, -0.25) is 4.90 Å². The molecular weight excluding hydrogens is 217 g/mol. The van der Waals surface area contributed by atoms with E-state index in [-0.39, 0.29) is 18.3 Å². The lowest BCUT2D eigenvalue weighted by atomic mass is 9.99. The summed E-state index contributed by atoms with van der Waals surface area (Å²) in [6.45, 7) is -0.0688. The molecule has 0 amide bonds. The average Bonchev–Trinajstić information content (AvgIpc) is 2.03. The zero-order valence-electron chi connectivity index (χ0n) is 7.55. The minimum Gasteiger partial charge on any atom is -0.295 e. The van der Waals surface area contributed by atoms with Crippen molar-refractivity contribution in [2.24, 2.45) is 5.92 Å². The van der Waals surface area contributed by atoms with E-state index >= 15 is 0 Å². The van der Waals surface area contributed by atoms with Crippen LogP contribution in [0, 0.1) is 17.2 Å². The Morgan fingerprint density at radius 1 is 1.29 bits per heavy atom. The fourth-order valence-electron chi connectivity index (χ4n) is 1.47. The van der Waals surface area contributed by atoms with Gasteiger partial charge in [-0.25, -0.2) is 0 Å². The summed E-state index contributed by atoms with van der Waals surface area (Å²) in [5.74, 6) is -0.0514. The molecule has 1 aliphatic rings. The topological polar surface area (TPSA) is 27.0 Å². The predicted molar refractivity (Wildman–Crippen MR) is 48.1 cm³/mol. The molecule has 0 N–H and O–H groups in total. The molecule has 1 fully saturated rings. The highest BCUT2D eigenvalue weighted by atomic mass is 35.5. The quantitative estimate of drug-likeness (QED) is 0.688. The summed E-state index contributed by atoms with van der Waals surface area (Å²) >= 11 is 0. The first-order valence-corrected chi connectivity index (χ1v) is 4.20. The van der Waals surface area contributed by atoms with E-state index in [1.54, 1.807) is 0 Å². The van der Waals surface area contributed by atoms with Gasteiger partial charge < -0.3 is 0 Å². The van der Waals surface area contributed by atoms with Gasteiger partial charge in [-0.15, -0.1) is 12.4 Å². The molecule has 0 aromatic rings. The second-order valence-corrected chi connectivity index (χ2v) is 3.29. The molecule has 0 radical (unpaired) electrons. The Balaban J connectivity index is 0.00000169. The van der Waals surface area contributed by atoms with Gasteiger partial charge in [0.15, 0.2) is 0 Å². The van der Waals surface area contributed by atoms with E-state index in [1.165, 1.54) is 4.90 Å².